The zero-order valence-corrected chi connectivity index (χ0v) is 13.7. The maximum absolute atomic E-state index is 12.9. The molecule has 0 spiro atoms. The molecule has 2 amide bonds. The molecule has 21 heavy (non-hydrogen) atoms. The summed E-state index contributed by atoms with van der Waals surface area (Å²) in [5.74, 6) is -0.0902. The fourth-order valence-electron chi connectivity index (χ4n) is 3.03. The van der Waals surface area contributed by atoms with Crippen LogP contribution in [0.1, 0.15) is 48.6 Å². The number of likely N-dealkylation sites (tertiary alicyclic amines) is 1. The number of hydrogen-bond donors (Lipinski definition) is 1. The fraction of sp³-hybridized carbons (Fsp3) is 0.600. The average Bonchev–Trinajstić information content (AvgIpc) is 3.28. The second kappa shape index (κ2) is 5.83. The van der Waals surface area contributed by atoms with Crippen LogP contribution in [0.5, 0.6) is 0 Å². The van der Waals surface area contributed by atoms with Crippen molar-refractivity contribution < 1.29 is 9.59 Å². The fourth-order valence-corrected chi connectivity index (χ4v) is 3.47. The summed E-state index contributed by atoms with van der Waals surface area (Å²) in [7, 11) is 1.63. The third-order valence-electron chi connectivity index (χ3n) is 4.29. The highest BCUT2D eigenvalue weighted by Gasteiger charge is 2.35. The van der Waals surface area contributed by atoms with Crippen LogP contribution in [0.3, 0.4) is 0 Å². The predicted octanol–water partition coefficient (Wildman–Crippen LogP) is 2.33. The van der Waals surface area contributed by atoms with E-state index in [-0.39, 0.29) is 17.9 Å². The zero-order chi connectivity index (χ0) is 15.0. The molecule has 6 heteroatoms. The maximum Gasteiger partial charge on any atom is 0.271 e. The molecule has 114 valence electrons. The van der Waals surface area contributed by atoms with E-state index in [4.69, 9.17) is 0 Å². The molecule has 0 bridgehead atoms. The van der Waals surface area contributed by atoms with Crippen LogP contribution < -0.4 is 5.32 Å². The minimum Gasteiger partial charge on any atom is -0.357 e. The SMILES string of the molecule is CNC(=O)C1CCCCN1C(=O)c1cc(Br)cn1C1CC1. The minimum absolute atomic E-state index is 0.0269. The summed E-state index contributed by atoms with van der Waals surface area (Å²) in [6, 6.07) is 1.98. The largest absolute Gasteiger partial charge is 0.357 e. The van der Waals surface area contributed by atoms with Gasteiger partial charge in [0.05, 0.1) is 0 Å². The van der Waals surface area contributed by atoms with Crippen LogP contribution in [0.25, 0.3) is 0 Å². The summed E-state index contributed by atoms with van der Waals surface area (Å²) in [5, 5.41) is 2.68. The van der Waals surface area contributed by atoms with E-state index in [0.29, 0.717) is 18.3 Å². The summed E-state index contributed by atoms with van der Waals surface area (Å²) in [5.41, 5.74) is 0.695. The van der Waals surface area contributed by atoms with Crippen molar-refractivity contribution in [1.82, 2.24) is 14.8 Å². The van der Waals surface area contributed by atoms with Gasteiger partial charge in [-0.2, -0.15) is 0 Å². The van der Waals surface area contributed by atoms with Crippen LogP contribution in [0, 0.1) is 0 Å². The molecule has 1 unspecified atom stereocenters. The van der Waals surface area contributed by atoms with E-state index in [1.54, 1.807) is 11.9 Å². The summed E-state index contributed by atoms with van der Waals surface area (Å²) in [6.45, 7) is 0.657. The Kier molecular flexibility index (Phi) is 4.06. The van der Waals surface area contributed by atoms with Crippen molar-refractivity contribution in [2.75, 3.05) is 13.6 Å². The molecule has 1 aromatic heterocycles. The molecule has 1 saturated heterocycles. The summed E-state index contributed by atoms with van der Waals surface area (Å²) in [4.78, 5) is 26.7. The molecule has 1 saturated carbocycles. The number of rotatable bonds is 3. The lowest BCUT2D eigenvalue weighted by molar-refractivity contribution is -0.126. The van der Waals surface area contributed by atoms with Crippen LogP contribution in [-0.4, -0.2) is 40.9 Å². The number of carbonyl (C=O) groups is 2. The number of aromatic nitrogens is 1. The van der Waals surface area contributed by atoms with E-state index in [9.17, 15) is 9.59 Å². The lowest BCUT2D eigenvalue weighted by atomic mass is 10.0. The van der Waals surface area contributed by atoms with Gasteiger partial charge in [-0.1, -0.05) is 0 Å². The van der Waals surface area contributed by atoms with Crippen molar-refractivity contribution in [3.8, 4) is 0 Å². The number of amides is 2. The third-order valence-corrected chi connectivity index (χ3v) is 4.72. The lowest BCUT2D eigenvalue weighted by Gasteiger charge is -2.34. The van der Waals surface area contributed by atoms with Crippen LogP contribution in [0.2, 0.25) is 0 Å². The second-order valence-corrected chi connectivity index (χ2v) is 6.72. The van der Waals surface area contributed by atoms with Gasteiger partial charge >= 0.3 is 0 Å². The van der Waals surface area contributed by atoms with E-state index >= 15 is 0 Å². The highest BCUT2D eigenvalue weighted by atomic mass is 79.9. The standard InChI is InChI=1S/C15H20BrN3O2/c1-17-14(20)12-4-2-3-7-18(12)15(21)13-8-10(16)9-19(13)11-5-6-11/h8-9,11-12H,2-7H2,1H3,(H,17,20). The van der Waals surface area contributed by atoms with E-state index in [0.717, 1.165) is 36.6 Å². The molecule has 2 fully saturated rings. The first-order valence-corrected chi connectivity index (χ1v) is 8.31. The number of nitrogens with zero attached hydrogens (tertiary/aromatic N) is 2. The van der Waals surface area contributed by atoms with Gasteiger partial charge in [-0.25, -0.2) is 0 Å². The number of piperidine rings is 1. The Morgan fingerprint density at radius 1 is 1.29 bits per heavy atom. The van der Waals surface area contributed by atoms with Gasteiger partial charge in [-0.05, 0) is 54.1 Å². The van der Waals surface area contributed by atoms with Gasteiger partial charge in [0.1, 0.15) is 11.7 Å². The molecule has 1 atom stereocenters. The number of likely N-dealkylation sites (N-methyl/N-ethyl adjacent to an activating group) is 1. The first kappa shape index (κ1) is 14.6. The van der Waals surface area contributed by atoms with Gasteiger partial charge in [0, 0.05) is 30.3 Å². The minimum atomic E-state index is -0.336. The highest BCUT2D eigenvalue weighted by Crippen LogP contribution is 2.38. The molecule has 0 radical (unpaired) electrons. The van der Waals surface area contributed by atoms with Crippen molar-refractivity contribution >= 4 is 27.7 Å². The number of carbonyl (C=O) groups excluding carboxylic acids is 2. The van der Waals surface area contributed by atoms with Gasteiger partial charge < -0.3 is 14.8 Å². The van der Waals surface area contributed by atoms with Crippen LogP contribution in [-0.2, 0) is 4.79 Å². The average molecular weight is 354 g/mol. The summed E-state index contributed by atoms with van der Waals surface area (Å²) in [6.07, 6.45) is 6.93. The smallest absolute Gasteiger partial charge is 0.271 e. The lowest BCUT2D eigenvalue weighted by Crippen LogP contribution is -2.51. The molecule has 5 nitrogen and oxygen atoms in total. The summed E-state index contributed by atoms with van der Waals surface area (Å²) < 4.78 is 2.98. The molecule has 1 N–H and O–H groups in total. The Morgan fingerprint density at radius 3 is 2.71 bits per heavy atom. The quantitative estimate of drug-likeness (QED) is 0.906. The van der Waals surface area contributed by atoms with Crippen molar-refractivity contribution in [2.24, 2.45) is 0 Å². The Morgan fingerprint density at radius 2 is 2.05 bits per heavy atom. The molecule has 2 aliphatic rings. The Labute approximate surface area is 132 Å². The van der Waals surface area contributed by atoms with Crippen LogP contribution in [0.4, 0.5) is 0 Å². The Balaban J connectivity index is 1.87. The first-order valence-electron chi connectivity index (χ1n) is 7.51. The van der Waals surface area contributed by atoms with Gasteiger partial charge in [0.2, 0.25) is 5.91 Å². The topological polar surface area (TPSA) is 54.3 Å². The van der Waals surface area contributed by atoms with Crippen LogP contribution >= 0.6 is 15.9 Å². The van der Waals surface area contributed by atoms with E-state index in [2.05, 4.69) is 25.8 Å². The van der Waals surface area contributed by atoms with Crippen molar-refractivity contribution in [2.45, 2.75) is 44.2 Å². The molecule has 3 rings (SSSR count). The van der Waals surface area contributed by atoms with Gasteiger partial charge in [0.15, 0.2) is 0 Å². The Bertz CT molecular complexity index is 565. The number of hydrogen-bond acceptors (Lipinski definition) is 2. The van der Waals surface area contributed by atoms with Crippen LogP contribution in [0.15, 0.2) is 16.7 Å². The second-order valence-electron chi connectivity index (χ2n) is 5.81. The summed E-state index contributed by atoms with van der Waals surface area (Å²) >= 11 is 3.46. The van der Waals surface area contributed by atoms with E-state index in [1.165, 1.54) is 0 Å². The molecule has 0 aromatic carbocycles. The maximum atomic E-state index is 12.9. The number of nitrogens with one attached hydrogen (secondary N) is 1. The normalized spacial score (nSPS) is 22.2. The predicted molar refractivity (Wildman–Crippen MR) is 83.1 cm³/mol. The van der Waals surface area contributed by atoms with Gasteiger partial charge in [0.25, 0.3) is 5.91 Å². The third kappa shape index (κ3) is 2.86. The van der Waals surface area contributed by atoms with Crippen molar-refractivity contribution in [1.29, 1.82) is 0 Å². The zero-order valence-electron chi connectivity index (χ0n) is 12.1. The monoisotopic (exact) mass is 353 g/mol. The van der Waals surface area contributed by atoms with Gasteiger partial charge in [-0.3, -0.25) is 9.59 Å². The van der Waals surface area contributed by atoms with Crippen molar-refractivity contribution in [3.63, 3.8) is 0 Å². The Hall–Kier alpha value is -1.30. The van der Waals surface area contributed by atoms with Crippen molar-refractivity contribution in [3.05, 3.63) is 22.4 Å². The molecular formula is C15H20BrN3O2. The first-order chi connectivity index (χ1) is 10.1. The highest BCUT2D eigenvalue weighted by molar-refractivity contribution is 9.10. The van der Waals surface area contributed by atoms with E-state index < -0.39 is 0 Å². The molecular weight excluding hydrogens is 334 g/mol. The molecule has 1 aromatic rings. The van der Waals surface area contributed by atoms with E-state index in [1.807, 2.05) is 12.3 Å². The van der Waals surface area contributed by atoms with Gasteiger partial charge in [-0.15, -0.1) is 0 Å². The molecule has 1 aliphatic carbocycles. The molecule has 2 heterocycles. The molecule has 1 aliphatic heterocycles. The number of halogens is 1.